The summed E-state index contributed by atoms with van der Waals surface area (Å²) in [4.78, 5) is 54.2. The maximum atomic E-state index is 13.9. The molecule has 4 heteroatoms. The second-order valence-corrected chi connectivity index (χ2v) is 9.14. The lowest BCUT2D eigenvalue weighted by molar-refractivity contribution is 0.0979. The lowest BCUT2D eigenvalue weighted by Gasteiger charge is -2.23. The van der Waals surface area contributed by atoms with E-state index in [1.165, 1.54) is 0 Å². The van der Waals surface area contributed by atoms with E-state index in [1.54, 1.807) is 48.5 Å². The van der Waals surface area contributed by atoms with Crippen LogP contribution >= 0.6 is 0 Å². The van der Waals surface area contributed by atoms with Gasteiger partial charge in [-0.15, -0.1) is 0 Å². The molecule has 0 unspecified atom stereocenters. The zero-order valence-electron chi connectivity index (χ0n) is 19.3. The number of carbonyl (C=O) groups is 4. The number of rotatable bonds is 1. The van der Waals surface area contributed by atoms with Crippen molar-refractivity contribution in [1.29, 1.82) is 0 Å². The minimum atomic E-state index is -0.246. The summed E-state index contributed by atoms with van der Waals surface area (Å²) in [5.74, 6) is -0.788. The van der Waals surface area contributed by atoms with E-state index in [-0.39, 0.29) is 29.6 Å². The van der Waals surface area contributed by atoms with E-state index in [0.29, 0.717) is 61.2 Å². The Kier molecular flexibility index (Phi) is 4.55. The molecule has 0 atom stereocenters. The van der Waals surface area contributed by atoms with E-state index in [2.05, 4.69) is 0 Å². The minimum absolute atomic E-state index is 0.0987. The third-order valence-electron chi connectivity index (χ3n) is 7.16. The van der Waals surface area contributed by atoms with Crippen LogP contribution in [0.3, 0.4) is 0 Å². The Morgan fingerprint density at radius 1 is 0.457 bits per heavy atom. The largest absolute Gasteiger partial charge is 0.294 e. The number of aryl methyl sites for hydroxylation is 2. The molecule has 2 aliphatic rings. The molecule has 0 heterocycles. The Morgan fingerprint density at radius 2 is 0.914 bits per heavy atom. The predicted octanol–water partition coefficient (Wildman–Crippen LogP) is 5.72. The molecule has 4 aromatic carbocycles. The Bertz CT molecular complexity index is 1660. The van der Waals surface area contributed by atoms with Crippen LogP contribution in [0.2, 0.25) is 0 Å². The average Bonchev–Trinajstić information content (AvgIpc) is 2.98. The summed E-state index contributed by atoms with van der Waals surface area (Å²) in [5.41, 5.74) is 5.95. The summed E-state index contributed by atoms with van der Waals surface area (Å²) in [6.07, 6.45) is 0.0987. The summed E-state index contributed by atoms with van der Waals surface area (Å²) in [5, 5.41) is 0. The molecule has 0 saturated heterocycles. The van der Waals surface area contributed by atoms with Gasteiger partial charge in [-0.05, 0) is 41.7 Å². The summed E-state index contributed by atoms with van der Waals surface area (Å²) in [6.45, 7) is 3.70. The summed E-state index contributed by atoms with van der Waals surface area (Å²) in [6, 6.07) is 21.0. The van der Waals surface area contributed by atoms with Gasteiger partial charge in [0.1, 0.15) is 0 Å². The molecule has 0 aromatic heterocycles. The van der Waals surface area contributed by atoms with Gasteiger partial charge in [0.25, 0.3) is 0 Å². The lowest BCUT2D eigenvalue weighted by atomic mass is 9.77. The molecule has 35 heavy (non-hydrogen) atoms. The Balaban J connectivity index is 1.68. The van der Waals surface area contributed by atoms with Crippen molar-refractivity contribution >= 4 is 23.1 Å². The van der Waals surface area contributed by atoms with Gasteiger partial charge in [-0.3, -0.25) is 19.2 Å². The van der Waals surface area contributed by atoms with Crippen molar-refractivity contribution < 1.29 is 19.2 Å². The fourth-order valence-corrected chi connectivity index (χ4v) is 5.39. The first-order chi connectivity index (χ1) is 16.9. The van der Waals surface area contributed by atoms with Crippen molar-refractivity contribution in [1.82, 2.24) is 0 Å². The molecule has 168 valence electrons. The fourth-order valence-electron chi connectivity index (χ4n) is 5.39. The smallest absolute Gasteiger partial charge is 0.195 e. The van der Waals surface area contributed by atoms with Gasteiger partial charge in [0.15, 0.2) is 23.1 Å². The number of carbonyl (C=O) groups excluding carboxylic acids is 4. The van der Waals surface area contributed by atoms with E-state index in [1.807, 2.05) is 38.1 Å². The van der Waals surface area contributed by atoms with Gasteiger partial charge in [-0.1, -0.05) is 72.8 Å². The molecule has 6 rings (SSSR count). The molecular formula is C31H20O4. The highest BCUT2D eigenvalue weighted by molar-refractivity contribution is 6.31. The summed E-state index contributed by atoms with van der Waals surface area (Å²) < 4.78 is 0. The highest BCUT2D eigenvalue weighted by atomic mass is 16.1. The van der Waals surface area contributed by atoms with Crippen molar-refractivity contribution in [2.75, 3.05) is 0 Å². The highest BCUT2D eigenvalue weighted by Gasteiger charge is 2.35. The van der Waals surface area contributed by atoms with Crippen molar-refractivity contribution in [3.63, 3.8) is 0 Å². The zero-order valence-corrected chi connectivity index (χ0v) is 19.3. The third kappa shape index (κ3) is 2.93. The summed E-state index contributed by atoms with van der Waals surface area (Å²) >= 11 is 0. The molecular weight excluding hydrogens is 436 g/mol. The third-order valence-corrected chi connectivity index (χ3v) is 7.16. The quantitative estimate of drug-likeness (QED) is 0.324. The number of fused-ring (bicyclic) bond motifs is 4. The van der Waals surface area contributed by atoms with E-state index in [4.69, 9.17) is 0 Å². The summed E-state index contributed by atoms with van der Waals surface area (Å²) in [7, 11) is 0. The van der Waals surface area contributed by atoms with E-state index >= 15 is 0 Å². The zero-order chi connectivity index (χ0) is 24.4. The van der Waals surface area contributed by atoms with Crippen LogP contribution < -0.4 is 0 Å². The number of ketones is 4. The van der Waals surface area contributed by atoms with Crippen LogP contribution in [0.25, 0.3) is 11.1 Å². The van der Waals surface area contributed by atoms with Crippen LogP contribution in [0.15, 0.2) is 72.8 Å². The molecule has 0 saturated carbocycles. The van der Waals surface area contributed by atoms with E-state index in [0.717, 1.165) is 5.56 Å². The van der Waals surface area contributed by atoms with Crippen LogP contribution in [0, 0.1) is 13.8 Å². The molecule has 0 bridgehead atoms. The van der Waals surface area contributed by atoms with Crippen LogP contribution in [0.5, 0.6) is 0 Å². The maximum Gasteiger partial charge on any atom is 0.195 e. The number of benzene rings is 4. The fraction of sp³-hybridized carbons (Fsp3) is 0.0968. The van der Waals surface area contributed by atoms with E-state index in [9.17, 15) is 19.2 Å². The second kappa shape index (κ2) is 7.54. The van der Waals surface area contributed by atoms with Gasteiger partial charge in [0, 0.05) is 45.4 Å². The standard InChI is InChI=1S/C31H20O4/c1-16-11-13-19(27-24(16)15-25(32)18-7-3-4-8-21(18)30(27)34)20-14-12-17(2)26-28(20)31(35)23-10-6-5-9-22(23)29(26)33/h3-14H,15H2,1-2H3. The van der Waals surface area contributed by atoms with Crippen molar-refractivity contribution in [3.05, 3.63) is 128 Å². The van der Waals surface area contributed by atoms with Gasteiger partial charge < -0.3 is 0 Å². The first-order valence-corrected chi connectivity index (χ1v) is 11.5. The van der Waals surface area contributed by atoms with Crippen LogP contribution in [-0.2, 0) is 6.42 Å². The number of Topliss-reactive ketones (excluding diaryl/α,β-unsaturated/α-hetero) is 1. The number of hydrogen-bond donors (Lipinski definition) is 0. The molecule has 4 nitrogen and oxygen atoms in total. The first-order valence-electron chi connectivity index (χ1n) is 11.5. The van der Waals surface area contributed by atoms with Gasteiger partial charge in [-0.2, -0.15) is 0 Å². The molecule has 0 fully saturated rings. The van der Waals surface area contributed by atoms with Gasteiger partial charge in [0.05, 0.1) is 0 Å². The Hall–Kier alpha value is -4.44. The second-order valence-electron chi connectivity index (χ2n) is 9.14. The highest BCUT2D eigenvalue weighted by Crippen LogP contribution is 2.40. The van der Waals surface area contributed by atoms with Crippen LogP contribution in [-0.4, -0.2) is 23.1 Å². The monoisotopic (exact) mass is 456 g/mol. The van der Waals surface area contributed by atoms with Crippen molar-refractivity contribution in [2.45, 2.75) is 20.3 Å². The van der Waals surface area contributed by atoms with Gasteiger partial charge >= 0.3 is 0 Å². The Morgan fingerprint density at radius 3 is 1.54 bits per heavy atom. The van der Waals surface area contributed by atoms with E-state index < -0.39 is 0 Å². The molecule has 2 aliphatic carbocycles. The van der Waals surface area contributed by atoms with Gasteiger partial charge in [0.2, 0.25) is 0 Å². The molecule has 0 spiro atoms. The SMILES string of the molecule is Cc1ccc(-c2ccc(C)c3c2C(=O)c2ccccc2C3=O)c2c1CC(=O)c1ccccc1C2=O. The average molecular weight is 456 g/mol. The molecule has 4 aromatic rings. The van der Waals surface area contributed by atoms with Crippen molar-refractivity contribution in [2.24, 2.45) is 0 Å². The number of hydrogen-bond acceptors (Lipinski definition) is 4. The normalized spacial score (nSPS) is 14.1. The first kappa shape index (κ1) is 21.1. The molecule has 0 radical (unpaired) electrons. The Labute approximate surface area is 202 Å². The van der Waals surface area contributed by atoms with Crippen molar-refractivity contribution in [3.8, 4) is 11.1 Å². The predicted molar refractivity (Wildman–Crippen MR) is 133 cm³/mol. The van der Waals surface area contributed by atoms with Crippen LogP contribution in [0.1, 0.15) is 74.8 Å². The topological polar surface area (TPSA) is 68.3 Å². The maximum absolute atomic E-state index is 13.9. The van der Waals surface area contributed by atoms with Crippen LogP contribution in [0.4, 0.5) is 0 Å². The minimum Gasteiger partial charge on any atom is -0.294 e. The molecule has 0 aliphatic heterocycles. The molecule has 0 amide bonds. The lowest BCUT2D eigenvalue weighted by Crippen LogP contribution is -2.23. The molecule has 0 N–H and O–H groups in total. The van der Waals surface area contributed by atoms with Gasteiger partial charge in [-0.25, -0.2) is 0 Å².